The van der Waals surface area contributed by atoms with E-state index in [1.165, 1.54) is 4.88 Å². The summed E-state index contributed by atoms with van der Waals surface area (Å²) >= 11 is 1.77. The largest absolute Gasteiger partial charge is 0.496 e. The van der Waals surface area contributed by atoms with Gasteiger partial charge in [-0.05, 0) is 24.4 Å². The molecular formula is C13H23NOS. The van der Waals surface area contributed by atoms with Crippen molar-refractivity contribution in [2.75, 3.05) is 13.7 Å². The smallest absolute Gasteiger partial charge is 0.129 e. The van der Waals surface area contributed by atoms with Crippen molar-refractivity contribution in [1.29, 1.82) is 0 Å². The van der Waals surface area contributed by atoms with Crippen LogP contribution in [0.3, 0.4) is 0 Å². The molecule has 0 bridgehead atoms. The molecule has 92 valence electrons. The minimum absolute atomic E-state index is 0.227. The molecule has 0 saturated heterocycles. The Morgan fingerprint density at radius 2 is 2.12 bits per heavy atom. The molecule has 0 aliphatic heterocycles. The van der Waals surface area contributed by atoms with Gasteiger partial charge in [0.1, 0.15) is 5.75 Å². The van der Waals surface area contributed by atoms with Crippen molar-refractivity contribution in [3.63, 3.8) is 0 Å². The number of thiophene rings is 1. The number of rotatable bonds is 5. The summed E-state index contributed by atoms with van der Waals surface area (Å²) in [5.74, 6) is 0.965. The fourth-order valence-electron chi connectivity index (χ4n) is 1.72. The van der Waals surface area contributed by atoms with Gasteiger partial charge in [0, 0.05) is 16.3 Å². The maximum absolute atomic E-state index is 5.24. The third-order valence-corrected chi connectivity index (χ3v) is 3.56. The molecule has 0 spiro atoms. The van der Waals surface area contributed by atoms with Crippen molar-refractivity contribution in [3.05, 3.63) is 16.3 Å². The number of methoxy groups -OCH3 is 1. The van der Waals surface area contributed by atoms with Crippen LogP contribution in [0, 0.1) is 5.41 Å². The lowest BCUT2D eigenvalue weighted by Gasteiger charge is -2.30. The number of hydrogen-bond acceptors (Lipinski definition) is 3. The monoisotopic (exact) mass is 241 g/mol. The summed E-state index contributed by atoms with van der Waals surface area (Å²) in [5.41, 5.74) is 0.227. The van der Waals surface area contributed by atoms with Gasteiger partial charge in [0.15, 0.2) is 0 Å². The first kappa shape index (κ1) is 13.5. The Kier molecular flexibility index (Phi) is 4.81. The normalized spacial score (nSPS) is 13.8. The SMILES string of the molecule is CCCNC(c1cc(OC)cs1)C(C)(C)C. The summed E-state index contributed by atoms with van der Waals surface area (Å²) in [4.78, 5) is 1.36. The van der Waals surface area contributed by atoms with Crippen molar-refractivity contribution >= 4 is 11.3 Å². The lowest BCUT2D eigenvalue weighted by Crippen LogP contribution is -2.32. The summed E-state index contributed by atoms with van der Waals surface area (Å²) in [6, 6.07) is 2.55. The molecule has 16 heavy (non-hydrogen) atoms. The molecule has 1 aromatic rings. The molecule has 0 aliphatic carbocycles. The molecule has 1 atom stereocenters. The van der Waals surface area contributed by atoms with Crippen LogP contribution in [0.2, 0.25) is 0 Å². The van der Waals surface area contributed by atoms with E-state index in [1.54, 1.807) is 18.4 Å². The first-order valence-corrected chi connectivity index (χ1v) is 6.72. The van der Waals surface area contributed by atoms with Crippen molar-refractivity contribution in [3.8, 4) is 5.75 Å². The minimum Gasteiger partial charge on any atom is -0.496 e. The van der Waals surface area contributed by atoms with Crippen LogP contribution in [0.1, 0.15) is 45.0 Å². The van der Waals surface area contributed by atoms with Gasteiger partial charge in [0.25, 0.3) is 0 Å². The molecule has 0 aliphatic rings. The lowest BCUT2D eigenvalue weighted by atomic mass is 9.85. The van der Waals surface area contributed by atoms with Crippen LogP contribution in [0.15, 0.2) is 11.4 Å². The minimum atomic E-state index is 0.227. The molecule has 0 radical (unpaired) electrons. The van der Waals surface area contributed by atoms with Gasteiger partial charge in [-0.2, -0.15) is 0 Å². The van der Waals surface area contributed by atoms with E-state index >= 15 is 0 Å². The van der Waals surface area contributed by atoms with Gasteiger partial charge < -0.3 is 10.1 Å². The molecule has 1 unspecified atom stereocenters. The zero-order valence-corrected chi connectivity index (χ0v) is 11.8. The average Bonchev–Trinajstić information content (AvgIpc) is 2.65. The van der Waals surface area contributed by atoms with E-state index in [1.807, 2.05) is 0 Å². The predicted molar refractivity (Wildman–Crippen MR) is 71.4 cm³/mol. The highest BCUT2D eigenvalue weighted by molar-refractivity contribution is 7.10. The second-order valence-electron chi connectivity index (χ2n) is 5.14. The Bertz CT molecular complexity index is 314. The molecule has 1 heterocycles. The fourth-order valence-corrected chi connectivity index (χ4v) is 2.89. The molecule has 3 heteroatoms. The van der Waals surface area contributed by atoms with Crippen LogP contribution in [0.25, 0.3) is 0 Å². The summed E-state index contributed by atoms with van der Waals surface area (Å²) in [6.45, 7) is 10.1. The molecular weight excluding hydrogens is 218 g/mol. The van der Waals surface area contributed by atoms with Crippen molar-refractivity contribution in [2.24, 2.45) is 5.41 Å². The lowest BCUT2D eigenvalue weighted by molar-refractivity contribution is 0.277. The van der Waals surface area contributed by atoms with Gasteiger partial charge in [-0.3, -0.25) is 0 Å². The summed E-state index contributed by atoms with van der Waals surface area (Å²) in [7, 11) is 1.72. The van der Waals surface area contributed by atoms with Crippen LogP contribution >= 0.6 is 11.3 Å². The van der Waals surface area contributed by atoms with Crippen molar-refractivity contribution < 1.29 is 4.74 Å². The molecule has 0 saturated carbocycles. The van der Waals surface area contributed by atoms with Gasteiger partial charge in [0.2, 0.25) is 0 Å². The van der Waals surface area contributed by atoms with E-state index in [2.05, 4.69) is 44.5 Å². The van der Waals surface area contributed by atoms with E-state index in [-0.39, 0.29) is 5.41 Å². The van der Waals surface area contributed by atoms with E-state index in [4.69, 9.17) is 4.74 Å². The van der Waals surface area contributed by atoms with Crippen molar-refractivity contribution in [2.45, 2.75) is 40.2 Å². The first-order chi connectivity index (χ1) is 7.49. The second-order valence-corrected chi connectivity index (χ2v) is 6.08. The molecule has 1 rings (SSSR count). The Hall–Kier alpha value is -0.540. The average molecular weight is 241 g/mol. The standard InChI is InChI=1S/C13H23NOS/c1-6-7-14-12(13(2,3)4)11-8-10(15-5)9-16-11/h8-9,12,14H,6-7H2,1-5H3. The second kappa shape index (κ2) is 5.69. The van der Waals surface area contributed by atoms with Crippen LogP contribution in [-0.2, 0) is 0 Å². The van der Waals surface area contributed by atoms with Crippen LogP contribution in [0.4, 0.5) is 0 Å². The van der Waals surface area contributed by atoms with Crippen LogP contribution in [0.5, 0.6) is 5.75 Å². The summed E-state index contributed by atoms with van der Waals surface area (Å²) < 4.78 is 5.24. The number of nitrogens with one attached hydrogen (secondary N) is 1. The Morgan fingerprint density at radius 3 is 2.56 bits per heavy atom. The quantitative estimate of drug-likeness (QED) is 0.845. The molecule has 2 nitrogen and oxygen atoms in total. The van der Waals surface area contributed by atoms with Gasteiger partial charge in [-0.15, -0.1) is 11.3 Å². The van der Waals surface area contributed by atoms with Crippen LogP contribution in [-0.4, -0.2) is 13.7 Å². The van der Waals surface area contributed by atoms with E-state index < -0.39 is 0 Å². The molecule has 0 aromatic carbocycles. The topological polar surface area (TPSA) is 21.3 Å². The first-order valence-electron chi connectivity index (χ1n) is 5.84. The predicted octanol–water partition coefficient (Wildman–Crippen LogP) is 3.84. The van der Waals surface area contributed by atoms with E-state index in [9.17, 15) is 0 Å². The van der Waals surface area contributed by atoms with Gasteiger partial charge in [-0.1, -0.05) is 27.7 Å². The number of hydrogen-bond donors (Lipinski definition) is 1. The van der Waals surface area contributed by atoms with Gasteiger partial charge >= 0.3 is 0 Å². The van der Waals surface area contributed by atoms with Crippen molar-refractivity contribution in [1.82, 2.24) is 5.32 Å². The fraction of sp³-hybridized carbons (Fsp3) is 0.692. The molecule has 0 fully saturated rings. The molecule has 1 N–H and O–H groups in total. The third kappa shape index (κ3) is 3.49. The highest BCUT2D eigenvalue weighted by atomic mass is 32.1. The Morgan fingerprint density at radius 1 is 1.44 bits per heavy atom. The third-order valence-electron chi connectivity index (χ3n) is 2.58. The molecule has 0 amide bonds. The Balaban J connectivity index is 2.83. The maximum atomic E-state index is 5.24. The van der Waals surface area contributed by atoms with Gasteiger partial charge in [-0.25, -0.2) is 0 Å². The summed E-state index contributed by atoms with van der Waals surface area (Å²) in [6.07, 6.45) is 1.16. The highest BCUT2D eigenvalue weighted by Gasteiger charge is 2.26. The maximum Gasteiger partial charge on any atom is 0.129 e. The zero-order valence-electron chi connectivity index (χ0n) is 11.0. The van der Waals surface area contributed by atoms with Crippen LogP contribution < -0.4 is 10.1 Å². The Labute approximate surface area is 103 Å². The van der Waals surface area contributed by atoms with E-state index in [0.717, 1.165) is 18.7 Å². The zero-order chi connectivity index (χ0) is 12.2. The molecule has 1 aromatic heterocycles. The van der Waals surface area contributed by atoms with Gasteiger partial charge in [0.05, 0.1) is 7.11 Å². The summed E-state index contributed by atoms with van der Waals surface area (Å²) in [5, 5.41) is 5.69. The highest BCUT2D eigenvalue weighted by Crippen LogP contribution is 2.37. The van der Waals surface area contributed by atoms with E-state index in [0.29, 0.717) is 6.04 Å². The number of ether oxygens (including phenoxy) is 1.